The maximum absolute atomic E-state index is 12.2. The van der Waals surface area contributed by atoms with Gasteiger partial charge in [0, 0.05) is 11.3 Å². The van der Waals surface area contributed by atoms with E-state index in [0.717, 1.165) is 11.3 Å². The predicted molar refractivity (Wildman–Crippen MR) is 79.5 cm³/mol. The Kier molecular flexibility index (Phi) is 3.86. The number of benzene rings is 2. The summed E-state index contributed by atoms with van der Waals surface area (Å²) in [6, 6.07) is 18.7. The predicted octanol–water partition coefficient (Wildman–Crippen LogP) is 3.74. The number of carbonyl (C=O) groups is 1. The van der Waals surface area contributed by atoms with Gasteiger partial charge in [0.2, 0.25) is 0 Å². The topological polar surface area (TPSA) is 52.9 Å². The van der Waals surface area contributed by atoms with Crippen LogP contribution in [0.15, 0.2) is 54.6 Å². The Bertz CT molecular complexity index is 654. The van der Waals surface area contributed by atoms with Crippen LogP contribution in [0.3, 0.4) is 0 Å². The van der Waals surface area contributed by atoms with Crippen LogP contribution in [-0.2, 0) is 5.41 Å². The highest BCUT2D eigenvalue weighted by molar-refractivity contribution is 6.04. The zero-order chi connectivity index (χ0) is 14.6. The molecule has 0 unspecified atom stereocenters. The molecule has 0 aliphatic carbocycles. The molecular formula is C17H16N2O. The van der Waals surface area contributed by atoms with Gasteiger partial charge in [0.25, 0.3) is 5.91 Å². The molecular weight excluding hydrogens is 248 g/mol. The molecule has 3 nitrogen and oxygen atoms in total. The maximum Gasteiger partial charge on any atom is 0.255 e. The number of carbonyl (C=O) groups excluding carboxylic acids is 1. The van der Waals surface area contributed by atoms with E-state index in [1.807, 2.05) is 50.2 Å². The van der Waals surface area contributed by atoms with Gasteiger partial charge < -0.3 is 5.32 Å². The molecule has 100 valence electrons. The first-order valence-electron chi connectivity index (χ1n) is 6.41. The van der Waals surface area contributed by atoms with Gasteiger partial charge in [-0.25, -0.2) is 0 Å². The molecule has 0 saturated heterocycles. The normalized spacial score (nSPS) is 10.7. The Labute approximate surface area is 118 Å². The minimum absolute atomic E-state index is 0.174. The number of nitrogens with one attached hydrogen (secondary N) is 1. The van der Waals surface area contributed by atoms with Crippen LogP contribution >= 0.6 is 0 Å². The van der Waals surface area contributed by atoms with E-state index in [0.29, 0.717) is 5.56 Å². The zero-order valence-corrected chi connectivity index (χ0v) is 11.6. The number of anilines is 1. The van der Waals surface area contributed by atoms with E-state index >= 15 is 0 Å². The van der Waals surface area contributed by atoms with Crippen molar-refractivity contribution in [2.75, 3.05) is 5.32 Å². The van der Waals surface area contributed by atoms with Gasteiger partial charge in [-0.15, -0.1) is 0 Å². The van der Waals surface area contributed by atoms with Crippen LogP contribution in [0.5, 0.6) is 0 Å². The molecule has 0 radical (unpaired) electrons. The molecule has 0 atom stereocenters. The van der Waals surface area contributed by atoms with Gasteiger partial charge in [0.05, 0.1) is 11.5 Å². The van der Waals surface area contributed by atoms with E-state index in [2.05, 4.69) is 11.4 Å². The van der Waals surface area contributed by atoms with Crippen molar-refractivity contribution in [3.8, 4) is 6.07 Å². The summed E-state index contributed by atoms with van der Waals surface area (Å²) in [5, 5.41) is 12.0. The SMILES string of the molecule is CC(C)(C#N)c1cccc(C(=O)Nc2ccccc2)c1. The van der Waals surface area contributed by atoms with Crippen LogP contribution in [0.1, 0.15) is 29.8 Å². The van der Waals surface area contributed by atoms with Crippen molar-refractivity contribution in [1.82, 2.24) is 0 Å². The van der Waals surface area contributed by atoms with E-state index in [1.54, 1.807) is 18.2 Å². The Morgan fingerprint density at radius 1 is 1.10 bits per heavy atom. The largest absolute Gasteiger partial charge is 0.322 e. The fourth-order valence-corrected chi connectivity index (χ4v) is 1.84. The lowest BCUT2D eigenvalue weighted by Crippen LogP contribution is -2.17. The third-order valence-electron chi connectivity index (χ3n) is 3.16. The van der Waals surface area contributed by atoms with E-state index in [1.165, 1.54) is 0 Å². The van der Waals surface area contributed by atoms with Gasteiger partial charge >= 0.3 is 0 Å². The summed E-state index contributed by atoms with van der Waals surface area (Å²) in [6.07, 6.45) is 0. The van der Waals surface area contributed by atoms with Crippen LogP contribution in [-0.4, -0.2) is 5.91 Å². The van der Waals surface area contributed by atoms with Gasteiger partial charge in [0.1, 0.15) is 0 Å². The molecule has 0 aliphatic rings. The lowest BCUT2D eigenvalue weighted by atomic mass is 9.85. The monoisotopic (exact) mass is 264 g/mol. The van der Waals surface area contributed by atoms with E-state index in [4.69, 9.17) is 5.26 Å². The van der Waals surface area contributed by atoms with Gasteiger partial charge in [0.15, 0.2) is 0 Å². The third-order valence-corrected chi connectivity index (χ3v) is 3.16. The van der Waals surface area contributed by atoms with Gasteiger partial charge in [-0.3, -0.25) is 4.79 Å². The number of hydrogen-bond donors (Lipinski definition) is 1. The molecule has 0 bridgehead atoms. The lowest BCUT2D eigenvalue weighted by molar-refractivity contribution is 0.102. The number of nitriles is 1. The molecule has 1 amide bonds. The summed E-state index contributed by atoms with van der Waals surface area (Å²) < 4.78 is 0. The summed E-state index contributed by atoms with van der Waals surface area (Å²) in [5.74, 6) is -0.174. The average Bonchev–Trinajstić information content (AvgIpc) is 2.48. The highest BCUT2D eigenvalue weighted by Gasteiger charge is 2.20. The molecule has 2 aromatic carbocycles. The van der Waals surface area contributed by atoms with Crippen molar-refractivity contribution in [2.45, 2.75) is 19.3 Å². The Balaban J connectivity index is 2.24. The highest BCUT2D eigenvalue weighted by Crippen LogP contribution is 2.23. The first-order valence-corrected chi connectivity index (χ1v) is 6.41. The summed E-state index contributed by atoms with van der Waals surface area (Å²) >= 11 is 0. The summed E-state index contributed by atoms with van der Waals surface area (Å²) in [4.78, 5) is 12.2. The molecule has 0 saturated carbocycles. The second-order valence-electron chi connectivity index (χ2n) is 5.14. The Morgan fingerprint density at radius 3 is 2.45 bits per heavy atom. The number of hydrogen-bond acceptors (Lipinski definition) is 2. The maximum atomic E-state index is 12.2. The van der Waals surface area contributed by atoms with Gasteiger partial charge in [-0.1, -0.05) is 30.3 Å². The number of para-hydroxylation sites is 1. The zero-order valence-electron chi connectivity index (χ0n) is 11.6. The van der Waals surface area contributed by atoms with Crippen LogP contribution < -0.4 is 5.32 Å². The average molecular weight is 264 g/mol. The van der Waals surface area contributed by atoms with E-state index in [9.17, 15) is 4.79 Å². The Hall–Kier alpha value is -2.60. The molecule has 0 heterocycles. The molecule has 2 rings (SSSR count). The quantitative estimate of drug-likeness (QED) is 0.918. The fourth-order valence-electron chi connectivity index (χ4n) is 1.84. The van der Waals surface area contributed by atoms with Gasteiger partial charge in [-0.2, -0.15) is 5.26 Å². The molecule has 0 spiro atoms. The van der Waals surface area contributed by atoms with Crippen LogP contribution in [0.2, 0.25) is 0 Å². The first kappa shape index (κ1) is 13.8. The van der Waals surface area contributed by atoms with Crippen molar-refractivity contribution in [1.29, 1.82) is 5.26 Å². The van der Waals surface area contributed by atoms with Crippen LogP contribution in [0, 0.1) is 11.3 Å². The van der Waals surface area contributed by atoms with Crippen LogP contribution in [0.25, 0.3) is 0 Å². The Morgan fingerprint density at radius 2 is 1.80 bits per heavy atom. The van der Waals surface area contributed by atoms with Crippen LogP contribution in [0.4, 0.5) is 5.69 Å². The van der Waals surface area contributed by atoms with Crippen molar-refractivity contribution in [3.63, 3.8) is 0 Å². The minimum Gasteiger partial charge on any atom is -0.322 e. The number of nitrogens with zero attached hydrogens (tertiary/aromatic N) is 1. The standard InChI is InChI=1S/C17H16N2O/c1-17(2,12-18)14-8-6-7-13(11-14)16(20)19-15-9-4-3-5-10-15/h3-11H,1-2H3,(H,19,20). The molecule has 2 aromatic rings. The summed E-state index contributed by atoms with van der Waals surface area (Å²) in [7, 11) is 0. The van der Waals surface area contributed by atoms with E-state index < -0.39 is 5.41 Å². The number of amides is 1. The number of rotatable bonds is 3. The fraction of sp³-hybridized carbons (Fsp3) is 0.176. The molecule has 3 heteroatoms. The minimum atomic E-state index is -0.608. The third kappa shape index (κ3) is 3.04. The molecule has 1 N–H and O–H groups in total. The van der Waals surface area contributed by atoms with Crippen molar-refractivity contribution in [3.05, 3.63) is 65.7 Å². The second-order valence-corrected chi connectivity index (χ2v) is 5.14. The van der Waals surface area contributed by atoms with Gasteiger partial charge in [-0.05, 0) is 43.7 Å². The van der Waals surface area contributed by atoms with Crippen molar-refractivity contribution in [2.24, 2.45) is 0 Å². The summed E-state index contributed by atoms with van der Waals surface area (Å²) in [6.45, 7) is 3.67. The van der Waals surface area contributed by atoms with E-state index in [-0.39, 0.29) is 5.91 Å². The highest BCUT2D eigenvalue weighted by atomic mass is 16.1. The molecule has 0 fully saturated rings. The van der Waals surface area contributed by atoms with Crippen molar-refractivity contribution < 1.29 is 4.79 Å². The smallest absolute Gasteiger partial charge is 0.255 e. The molecule has 20 heavy (non-hydrogen) atoms. The molecule has 0 aromatic heterocycles. The van der Waals surface area contributed by atoms with Crippen molar-refractivity contribution >= 4 is 11.6 Å². The first-order chi connectivity index (χ1) is 9.53. The second kappa shape index (κ2) is 5.58. The summed E-state index contributed by atoms with van der Waals surface area (Å²) in [5.41, 5.74) is 1.53. The molecule has 0 aliphatic heterocycles. The lowest BCUT2D eigenvalue weighted by Gasteiger charge is -2.16.